The maximum absolute atomic E-state index is 14.1. The average molecular weight is 723 g/mol. The van der Waals surface area contributed by atoms with Crippen LogP contribution in [-0.2, 0) is 41.0 Å². The van der Waals surface area contributed by atoms with Gasteiger partial charge in [-0.2, -0.15) is 13.2 Å². The molecule has 0 aromatic heterocycles. The lowest BCUT2D eigenvalue weighted by atomic mass is 9.76. The number of nitrogens with zero attached hydrogens (tertiary/aromatic N) is 1. The van der Waals surface area contributed by atoms with Crippen LogP contribution < -0.4 is 15.4 Å². The van der Waals surface area contributed by atoms with E-state index in [1.165, 1.54) is 37.1 Å². The number of nitrogens with one attached hydrogen (secondary N) is 3. The van der Waals surface area contributed by atoms with Crippen LogP contribution in [0.25, 0.3) is 0 Å². The van der Waals surface area contributed by atoms with Crippen molar-refractivity contribution in [3.8, 4) is 0 Å². The molecular weight excluding hydrogens is 673 g/mol. The predicted octanol–water partition coefficient (Wildman–Crippen LogP) is 4.69. The maximum Gasteiger partial charge on any atom is 0.450 e. The lowest BCUT2D eigenvalue weighted by Gasteiger charge is -2.40. The van der Waals surface area contributed by atoms with Gasteiger partial charge >= 0.3 is 6.18 Å². The summed E-state index contributed by atoms with van der Waals surface area (Å²) in [6.07, 6.45) is -4.70. The van der Waals surface area contributed by atoms with Gasteiger partial charge in [0.05, 0.1) is 17.0 Å². The standard InChI is InChI=1S/C36H49F3N4O6S/c1-22(2)27(19-23(3)31(45)42-50(48,49)26-18-14-15-24(20-26)21-28(44)36(37,38)39)43(10)33(47)30(34(4,5)6)41-32(46)29(40-9)35(7,8)25-16-12-11-13-17-25/h11-20,22,27,29-30,40H,21H2,1-10H3,(H,41,46)(H,42,45)/b23-19+/t27-,29-,30-/m1/s1. The van der Waals surface area contributed by atoms with Crippen LogP contribution in [0.5, 0.6) is 0 Å². The molecule has 10 nitrogen and oxygen atoms in total. The number of Topliss-reactive ketones (excluding diaryl/α,β-unsaturated/α-hetero) is 1. The van der Waals surface area contributed by atoms with E-state index in [0.717, 1.165) is 17.7 Å². The molecule has 0 radical (unpaired) electrons. The highest BCUT2D eigenvalue weighted by molar-refractivity contribution is 7.90. The van der Waals surface area contributed by atoms with Crippen LogP contribution in [0.2, 0.25) is 0 Å². The van der Waals surface area contributed by atoms with Gasteiger partial charge in [0.2, 0.25) is 17.6 Å². The Bertz CT molecular complexity index is 1680. The smallest absolute Gasteiger partial charge is 0.342 e. The van der Waals surface area contributed by atoms with Crippen LogP contribution in [0.1, 0.15) is 66.5 Å². The first-order chi connectivity index (χ1) is 22.8. The third-order valence-electron chi connectivity index (χ3n) is 8.56. The third-order valence-corrected chi connectivity index (χ3v) is 9.89. The van der Waals surface area contributed by atoms with Gasteiger partial charge < -0.3 is 15.5 Å². The van der Waals surface area contributed by atoms with Gasteiger partial charge in [0.15, 0.2) is 0 Å². The second-order valence-corrected chi connectivity index (χ2v) is 16.0. The summed E-state index contributed by atoms with van der Waals surface area (Å²) in [6, 6.07) is 11.4. The quantitative estimate of drug-likeness (QED) is 0.240. The van der Waals surface area contributed by atoms with Crippen LogP contribution in [0.15, 0.2) is 71.1 Å². The molecule has 0 saturated heterocycles. The molecule has 2 rings (SSSR count). The zero-order valence-electron chi connectivity index (χ0n) is 30.2. The summed E-state index contributed by atoms with van der Waals surface area (Å²) in [5.41, 5.74) is -0.698. The molecule has 2 aromatic rings. The highest BCUT2D eigenvalue weighted by Crippen LogP contribution is 2.29. The molecule has 3 atom stereocenters. The van der Waals surface area contributed by atoms with Gasteiger partial charge in [-0.15, -0.1) is 0 Å². The van der Waals surface area contributed by atoms with E-state index in [4.69, 9.17) is 0 Å². The van der Waals surface area contributed by atoms with E-state index in [1.807, 2.05) is 83.5 Å². The lowest BCUT2D eigenvalue weighted by Crippen LogP contribution is -2.61. The maximum atomic E-state index is 14.1. The Morgan fingerprint density at radius 2 is 1.48 bits per heavy atom. The van der Waals surface area contributed by atoms with Crippen molar-refractivity contribution in [2.75, 3.05) is 14.1 Å². The Labute approximate surface area is 293 Å². The van der Waals surface area contributed by atoms with Gasteiger partial charge in [0.25, 0.3) is 15.9 Å². The van der Waals surface area contributed by atoms with Crippen LogP contribution in [0.3, 0.4) is 0 Å². The van der Waals surface area contributed by atoms with Gasteiger partial charge in [-0.25, -0.2) is 13.1 Å². The highest BCUT2D eigenvalue weighted by atomic mass is 32.2. The minimum Gasteiger partial charge on any atom is -0.342 e. The van der Waals surface area contributed by atoms with Crippen molar-refractivity contribution < 1.29 is 40.8 Å². The minimum absolute atomic E-state index is 0.0495. The molecule has 2 aromatic carbocycles. The predicted molar refractivity (Wildman–Crippen MR) is 185 cm³/mol. The minimum atomic E-state index is -5.08. The fourth-order valence-corrected chi connectivity index (χ4v) is 6.62. The molecule has 0 aliphatic carbocycles. The number of halogens is 3. The van der Waals surface area contributed by atoms with E-state index in [-0.39, 0.29) is 23.0 Å². The van der Waals surface area contributed by atoms with Crippen molar-refractivity contribution in [2.24, 2.45) is 11.3 Å². The van der Waals surface area contributed by atoms with E-state index in [2.05, 4.69) is 10.6 Å². The van der Waals surface area contributed by atoms with Crippen LogP contribution in [-0.4, -0.2) is 75.2 Å². The van der Waals surface area contributed by atoms with E-state index < -0.39 is 74.1 Å². The monoisotopic (exact) mass is 722 g/mol. The Morgan fingerprint density at radius 3 is 1.98 bits per heavy atom. The molecule has 0 aliphatic heterocycles. The second-order valence-electron chi connectivity index (χ2n) is 14.3. The lowest BCUT2D eigenvalue weighted by molar-refractivity contribution is -0.170. The first-order valence-corrected chi connectivity index (χ1v) is 17.6. The van der Waals surface area contributed by atoms with Crippen molar-refractivity contribution >= 4 is 33.5 Å². The summed E-state index contributed by atoms with van der Waals surface area (Å²) in [4.78, 5) is 53.3. The second kappa shape index (κ2) is 16.3. The van der Waals surface area contributed by atoms with Gasteiger partial charge in [-0.3, -0.25) is 19.2 Å². The molecule has 0 bridgehead atoms. The van der Waals surface area contributed by atoms with E-state index in [1.54, 1.807) is 7.05 Å². The van der Waals surface area contributed by atoms with Gasteiger partial charge in [0.1, 0.15) is 6.04 Å². The zero-order chi connectivity index (χ0) is 38.4. The number of hydrogen-bond acceptors (Lipinski definition) is 7. The Balaban J connectivity index is 2.33. The normalized spacial score (nSPS) is 14.8. The topological polar surface area (TPSA) is 142 Å². The van der Waals surface area contributed by atoms with Crippen LogP contribution >= 0.6 is 0 Å². The number of ketones is 1. The first kappa shape index (κ1) is 42.1. The van der Waals surface area contributed by atoms with Gasteiger partial charge in [0, 0.05) is 24.5 Å². The Hall–Kier alpha value is -4.04. The summed E-state index contributed by atoms with van der Waals surface area (Å²) in [6.45, 7) is 14.3. The Kier molecular flexibility index (Phi) is 13.8. The SMILES string of the molecule is CN[C@H](C(=O)N[C@H](C(=O)N(C)[C@H](/C=C(\C)C(=O)NS(=O)(=O)c1cccc(CC(=O)C(F)(F)F)c1)C(C)C)C(C)(C)C)C(C)(C)c1ccccc1. The molecule has 0 heterocycles. The molecule has 0 aliphatic rings. The molecule has 14 heteroatoms. The summed E-state index contributed by atoms with van der Waals surface area (Å²) in [7, 11) is -1.34. The van der Waals surface area contributed by atoms with Crippen molar-refractivity contribution in [3.63, 3.8) is 0 Å². The fraction of sp³-hybridized carbons (Fsp3) is 0.500. The summed E-state index contributed by atoms with van der Waals surface area (Å²) >= 11 is 0. The molecule has 276 valence electrons. The number of benzene rings is 2. The molecule has 3 N–H and O–H groups in total. The Morgan fingerprint density at radius 1 is 0.900 bits per heavy atom. The van der Waals surface area contributed by atoms with Gasteiger partial charge in [-0.1, -0.05) is 97.0 Å². The number of carbonyl (C=O) groups is 4. The van der Waals surface area contributed by atoms with Gasteiger partial charge in [-0.05, 0) is 48.6 Å². The number of likely N-dealkylation sites (N-methyl/N-ethyl adjacent to an activating group) is 2. The number of amides is 3. The molecule has 0 fully saturated rings. The van der Waals surface area contributed by atoms with E-state index in [9.17, 15) is 40.8 Å². The van der Waals surface area contributed by atoms with Crippen molar-refractivity contribution in [3.05, 3.63) is 77.4 Å². The molecule has 0 spiro atoms. The molecule has 0 unspecified atom stereocenters. The van der Waals surface area contributed by atoms with Crippen molar-refractivity contribution in [2.45, 2.75) is 96.4 Å². The molecular formula is C36H49F3N4O6S. The first-order valence-electron chi connectivity index (χ1n) is 16.1. The van der Waals surface area contributed by atoms with Crippen LogP contribution in [0, 0.1) is 11.3 Å². The number of carbonyl (C=O) groups excluding carboxylic acids is 4. The number of sulfonamides is 1. The molecule has 3 amide bonds. The number of rotatable bonds is 14. The summed E-state index contributed by atoms with van der Waals surface area (Å²) in [5.74, 6) is -4.13. The van der Waals surface area contributed by atoms with E-state index in [0.29, 0.717) is 0 Å². The zero-order valence-corrected chi connectivity index (χ0v) is 31.0. The summed E-state index contributed by atoms with van der Waals surface area (Å²) in [5, 5.41) is 6.05. The molecule has 0 saturated carbocycles. The average Bonchev–Trinajstić information content (AvgIpc) is 3.01. The number of alkyl halides is 3. The largest absolute Gasteiger partial charge is 0.450 e. The van der Waals surface area contributed by atoms with E-state index >= 15 is 0 Å². The number of hydrogen-bond donors (Lipinski definition) is 3. The fourth-order valence-electron chi connectivity index (χ4n) is 5.53. The van der Waals surface area contributed by atoms with Crippen molar-refractivity contribution in [1.29, 1.82) is 0 Å². The summed E-state index contributed by atoms with van der Waals surface area (Å²) < 4.78 is 66.1. The third kappa shape index (κ3) is 10.7. The molecule has 50 heavy (non-hydrogen) atoms. The van der Waals surface area contributed by atoms with Crippen molar-refractivity contribution in [1.82, 2.24) is 20.3 Å². The highest BCUT2D eigenvalue weighted by Gasteiger charge is 2.42. The van der Waals surface area contributed by atoms with Crippen LogP contribution in [0.4, 0.5) is 13.2 Å².